The third kappa shape index (κ3) is 2.96. The Labute approximate surface area is 161 Å². The van der Waals surface area contributed by atoms with Gasteiger partial charge in [0.05, 0.1) is 0 Å². The van der Waals surface area contributed by atoms with Gasteiger partial charge in [0.25, 0.3) is 0 Å². The first-order valence-electron chi connectivity index (χ1n) is 7.92. The van der Waals surface area contributed by atoms with Gasteiger partial charge >= 0.3 is 160 Å². The Morgan fingerprint density at radius 2 is 0.667 bits per heavy atom. The zero-order chi connectivity index (χ0) is 23.4. The Bertz CT molecular complexity index is 902. The summed E-state index contributed by atoms with van der Waals surface area (Å²) < 4.78 is 170. The van der Waals surface area contributed by atoms with Gasteiger partial charge in [0.1, 0.15) is 0 Å². The van der Waals surface area contributed by atoms with Crippen molar-refractivity contribution >= 4 is 18.0 Å². The normalized spacial score (nSPS) is 13.6. The maximum absolute atomic E-state index is 16.2. The monoisotopic (exact) mass is 475 g/mol. The van der Waals surface area contributed by atoms with E-state index in [-0.39, 0.29) is 4.67 Å². The molecule has 0 aliphatic heterocycles. The molecule has 0 saturated carbocycles. The molecule has 0 bridgehead atoms. The Kier molecular flexibility index (Phi) is 6.14. The molecule has 0 fully saturated rings. The van der Waals surface area contributed by atoms with E-state index < -0.39 is 89.2 Å². The molecule has 0 aliphatic rings. The molecule has 0 N–H and O–H groups in total. The molecule has 0 atom stereocenters. The van der Waals surface area contributed by atoms with Crippen molar-refractivity contribution in [2.45, 2.75) is 13.8 Å². The molecule has 2 rings (SSSR count). The van der Waals surface area contributed by atoms with Crippen molar-refractivity contribution in [3.8, 4) is 0 Å². The van der Waals surface area contributed by atoms with Crippen LogP contribution in [0.1, 0.15) is 13.8 Å². The Hall–Kier alpha value is -2.01. The van der Waals surface area contributed by atoms with Crippen molar-refractivity contribution in [1.82, 2.24) is 4.67 Å². The van der Waals surface area contributed by atoms with E-state index in [1.807, 2.05) is 0 Å². The van der Waals surface area contributed by atoms with E-state index in [1.165, 1.54) is 0 Å². The van der Waals surface area contributed by atoms with Crippen molar-refractivity contribution < 1.29 is 52.3 Å². The first-order chi connectivity index (χ1) is 13.7. The summed E-state index contributed by atoms with van der Waals surface area (Å²) in [5.41, 5.74) is 0. The molecule has 0 unspecified atom stereocenters. The van der Waals surface area contributed by atoms with Crippen LogP contribution in [0, 0.1) is 58.2 Å². The number of hydrogen-bond acceptors (Lipinski definition) is 1. The average Bonchev–Trinajstić information content (AvgIpc) is 2.68. The second-order valence-electron chi connectivity index (χ2n) is 5.84. The molecular weight excluding hydrogens is 465 g/mol. The average molecular weight is 475 g/mol. The fraction of sp³-hybridized carbons (Fsp3) is 0.250. The second-order valence-corrected chi connectivity index (χ2v) is 9.03. The van der Waals surface area contributed by atoms with Gasteiger partial charge in [-0.25, -0.2) is 0 Å². The fourth-order valence-corrected chi connectivity index (χ4v) is 6.48. The minimum absolute atomic E-state index is 0.387. The molecule has 0 amide bonds. The molecule has 168 valence electrons. The van der Waals surface area contributed by atoms with Gasteiger partial charge in [0, 0.05) is 0 Å². The molecule has 0 saturated heterocycles. The van der Waals surface area contributed by atoms with E-state index in [9.17, 15) is 43.9 Å². The van der Waals surface area contributed by atoms with Gasteiger partial charge in [-0.15, -0.1) is 0 Å². The number of halogens is 12. The predicted molar refractivity (Wildman–Crippen MR) is 83.8 cm³/mol. The van der Waals surface area contributed by atoms with E-state index >= 15 is 8.39 Å². The van der Waals surface area contributed by atoms with E-state index in [0.717, 1.165) is 13.8 Å². The molecule has 0 radical (unpaired) electrons. The summed E-state index contributed by atoms with van der Waals surface area (Å²) in [6.45, 7) is -0.356. The van der Waals surface area contributed by atoms with Crippen LogP contribution in [0.25, 0.3) is 0 Å². The third-order valence-corrected chi connectivity index (χ3v) is 8.23. The molecule has 0 aromatic heterocycles. The standard InChI is InChI=1S/C16H10F12NP/c1-3-29(4-2)30(27,28,15-11(23)7(19)5(17)8(20)12(15)24)16-13(25)9(21)6(18)10(22)14(16)26/h3-4H2,1-2H3. The van der Waals surface area contributed by atoms with E-state index in [1.54, 1.807) is 0 Å². The quantitative estimate of drug-likeness (QED) is 0.235. The van der Waals surface area contributed by atoms with Gasteiger partial charge in [0.15, 0.2) is 0 Å². The third-order valence-electron chi connectivity index (χ3n) is 4.36. The topological polar surface area (TPSA) is 3.24 Å². The first kappa shape index (κ1) is 24.3. The summed E-state index contributed by atoms with van der Waals surface area (Å²) in [6.07, 6.45) is 0. The zero-order valence-corrected chi connectivity index (χ0v) is 15.7. The summed E-state index contributed by atoms with van der Waals surface area (Å²) in [7, 11) is -8.46. The van der Waals surface area contributed by atoms with Crippen molar-refractivity contribution in [2.75, 3.05) is 13.1 Å². The SMILES string of the molecule is CCN(CC)P(F)(F)(c1c(F)c(F)c(F)c(F)c1F)c1c(F)c(F)c(F)c(F)c1F. The van der Waals surface area contributed by atoms with Crippen molar-refractivity contribution in [1.29, 1.82) is 0 Å². The number of benzene rings is 2. The van der Waals surface area contributed by atoms with Crippen LogP contribution in [0.2, 0.25) is 0 Å². The van der Waals surface area contributed by atoms with Crippen LogP contribution in [-0.4, -0.2) is 17.8 Å². The van der Waals surface area contributed by atoms with Crippen molar-refractivity contribution in [3.63, 3.8) is 0 Å². The van der Waals surface area contributed by atoms with E-state index in [2.05, 4.69) is 0 Å². The van der Waals surface area contributed by atoms with Crippen LogP contribution < -0.4 is 10.6 Å². The number of nitrogens with zero attached hydrogens (tertiary/aromatic N) is 1. The Morgan fingerprint density at radius 1 is 0.467 bits per heavy atom. The van der Waals surface area contributed by atoms with Crippen LogP contribution in [0.4, 0.5) is 52.3 Å². The Morgan fingerprint density at radius 3 is 0.867 bits per heavy atom. The molecule has 0 aliphatic carbocycles. The molecular formula is C16H10F12NP. The van der Waals surface area contributed by atoms with Crippen molar-refractivity contribution in [3.05, 3.63) is 58.2 Å². The maximum atomic E-state index is 16.2. The Balaban J connectivity index is 3.29. The first-order valence-corrected chi connectivity index (χ1v) is 9.89. The minimum atomic E-state index is -8.46. The molecule has 2 aromatic carbocycles. The molecule has 30 heavy (non-hydrogen) atoms. The summed E-state index contributed by atoms with van der Waals surface area (Å²) in [5, 5.41) is -5.94. The molecule has 0 heterocycles. The summed E-state index contributed by atoms with van der Waals surface area (Å²) in [6, 6.07) is 0. The fourth-order valence-electron chi connectivity index (χ4n) is 2.97. The molecule has 0 spiro atoms. The second kappa shape index (κ2) is 7.60. The van der Waals surface area contributed by atoms with Crippen LogP contribution in [0.3, 0.4) is 0 Å². The zero-order valence-electron chi connectivity index (χ0n) is 14.8. The van der Waals surface area contributed by atoms with Gasteiger partial charge in [0.2, 0.25) is 0 Å². The molecule has 1 nitrogen and oxygen atoms in total. The van der Waals surface area contributed by atoms with Crippen LogP contribution in [0.5, 0.6) is 0 Å². The summed E-state index contributed by atoms with van der Waals surface area (Å²) in [5.74, 6) is -29.9. The van der Waals surface area contributed by atoms with Gasteiger partial charge in [-0.1, -0.05) is 0 Å². The van der Waals surface area contributed by atoms with Gasteiger partial charge in [-0.3, -0.25) is 0 Å². The van der Waals surface area contributed by atoms with Gasteiger partial charge in [-0.2, -0.15) is 0 Å². The number of hydrogen-bond donors (Lipinski definition) is 0. The van der Waals surface area contributed by atoms with Crippen LogP contribution in [-0.2, 0) is 0 Å². The van der Waals surface area contributed by atoms with E-state index in [4.69, 9.17) is 0 Å². The van der Waals surface area contributed by atoms with Crippen molar-refractivity contribution in [2.24, 2.45) is 0 Å². The molecule has 14 heteroatoms. The number of rotatable bonds is 5. The summed E-state index contributed by atoms with van der Waals surface area (Å²) >= 11 is 0. The van der Waals surface area contributed by atoms with Gasteiger partial charge in [-0.05, 0) is 0 Å². The summed E-state index contributed by atoms with van der Waals surface area (Å²) in [4.78, 5) is 0. The van der Waals surface area contributed by atoms with Gasteiger partial charge < -0.3 is 0 Å². The van der Waals surface area contributed by atoms with Crippen LogP contribution >= 0.6 is 7.38 Å². The molecule has 2 aromatic rings. The predicted octanol–water partition coefficient (Wildman–Crippen LogP) is 5.61. The van der Waals surface area contributed by atoms with E-state index in [0.29, 0.717) is 0 Å². The van der Waals surface area contributed by atoms with Crippen LogP contribution in [0.15, 0.2) is 0 Å².